The molecule has 0 saturated carbocycles. The summed E-state index contributed by atoms with van der Waals surface area (Å²) in [5.74, 6) is 1.02. The van der Waals surface area contributed by atoms with E-state index in [1.54, 1.807) is 6.07 Å². The summed E-state index contributed by atoms with van der Waals surface area (Å²) in [6.07, 6.45) is 0. The first kappa shape index (κ1) is 12.5. The van der Waals surface area contributed by atoms with E-state index in [4.69, 9.17) is 9.47 Å². The number of nitrogens with one attached hydrogen (secondary N) is 1. The molecule has 0 unspecified atom stereocenters. The van der Waals surface area contributed by atoms with E-state index in [2.05, 4.69) is 4.72 Å². The van der Waals surface area contributed by atoms with Gasteiger partial charge in [-0.3, -0.25) is 0 Å². The number of hydrogen-bond acceptors (Lipinski definition) is 5. The fourth-order valence-corrected chi connectivity index (χ4v) is 3.46. The van der Waals surface area contributed by atoms with Crippen LogP contribution in [0.4, 0.5) is 0 Å². The highest BCUT2D eigenvalue weighted by Crippen LogP contribution is 2.33. The summed E-state index contributed by atoms with van der Waals surface area (Å²) in [5, 5.41) is 1.91. The smallest absolute Gasteiger partial charge is 0.241 e. The molecular formula is C12H11NO4S2. The molecule has 5 nitrogen and oxygen atoms in total. The van der Waals surface area contributed by atoms with Gasteiger partial charge in [0.1, 0.15) is 0 Å². The highest BCUT2D eigenvalue weighted by Gasteiger charge is 2.20. The van der Waals surface area contributed by atoms with Crippen molar-refractivity contribution in [2.75, 3.05) is 6.79 Å². The summed E-state index contributed by atoms with van der Waals surface area (Å²) in [4.78, 5) is 1.14. The molecule has 19 heavy (non-hydrogen) atoms. The van der Waals surface area contributed by atoms with Crippen LogP contribution in [-0.4, -0.2) is 15.2 Å². The second-order valence-electron chi connectivity index (χ2n) is 3.92. The van der Waals surface area contributed by atoms with Crippen LogP contribution in [0.25, 0.3) is 0 Å². The fourth-order valence-electron chi connectivity index (χ4n) is 1.71. The van der Waals surface area contributed by atoms with E-state index >= 15 is 0 Å². The van der Waals surface area contributed by atoms with Crippen molar-refractivity contribution in [3.8, 4) is 11.5 Å². The maximum atomic E-state index is 12.1. The number of benzene rings is 1. The summed E-state index contributed by atoms with van der Waals surface area (Å²) in [7, 11) is -3.54. The third kappa shape index (κ3) is 2.58. The molecule has 3 rings (SSSR count). The minimum absolute atomic E-state index is 0.126. The summed E-state index contributed by atoms with van der Waals surface area (Å²) < 4.78 is 37.1. The molecular weight excluding hydrogens is 286 g/mol. The van der Waals surface area contributed by atoms with Gasteiger partial charge in [0.05, 0.1) is 4.90 Å². The van der Waals surface area contributed by atoms with Gasteiger partial charge in [-0.05, 0) is 23.6 Å². The Morgan fingerprint density at radius 2 is 2.05 bits per heavy atom. The lowest BCUT2D eigenvalue weighted by Gasteiger charge is -2.06. The van der Waals surface area contributed by atoms with Gasteiger partial charge < -0.3 is 9.47 Å². The molecule has 0 bridgehead atoms. The minimum Gasteiger partial charge on any atom is -0.454 e. The first-order valence-electron chi connectivity index (χ1n) is 5.57. The normalized spacial score (nSPS) is 13.7. The van der Waals surface area contributed by atoms with Crippen molar-refractivity contribution in [1.82, 2.24) is 4.72 Å². The molecule has 2 aromatic rings. The Hall–Kier alpha value is -1.57. The Kier molecular flexibility index (Phi) is 3.17. The summed E-state index contributed by atoms with van der Waals surface area (Å²) in [6.45, 7) is 0.413. The average molecular weight is 297 g/mol. The Morgan fingerprint density at radius 3 is 2.84 bits per heavy atom. The van der Waals surface area contributed by atoms with Gasteiger partial charge in [-0.15, -0.1) is 11.3 Å². The van der Waals surface area contributed by atoms with Crippen molar-refractivity contribution in [1.29, 1.82) is 0 Å². The molecule has 0 saturated heterocycles. The molecule has 0 amide bonds. The van der Waals surface area contributed by atoms with Gasteiger partial charge in [-0.2, -0.15) is 0 Å². The maximum absolute atomic E-state index is 12.1. The second-order valence-corrected chi connectivity index (χ2v) is 6.72. The van der Waals surface area contributed by atoms with E-state index < -0.39 is 10.0 Å². The van der Waals surface area contributed by atoms with Gasteiger partial charge in [0, 0.05) is 17.5 Å². The molecule has 7 heteroatoms. The van der Waals surface area contributed by atoms with Crippen LogP contribution in [0.5, 0.6) is 11.5 Å². The van der Waals surface area contributed by atoms with Crippen molar-refractivity contribution < 1.29 is 17.9 Å². The van der Waals surface area contributed by atoms with Gasteiger partial charge in [-0.25, -0.2) is 13.1 Å². The van der Waals surface area contributed by atoms with Crippen LogP contribution in [0, 0.1) is 0 Å². The third-order valence-electron chi connectivity index (χ3n) is 2.67. The molecule has 1 aromatic carbocycles. The van der Waals surface area contributed by atoms with Crippen LogP contribution < -0.4 is 14.2 Å². The molecule has 1 N–H and O–H groups in total. The van der Waals surface area contributed by atoms with Crippen LogP contribution in [0.15, 0.2) is 40.6 Å². The number of thiophene rings is 1. The molecule has 1 aliphatic rings. The van der Waals surface area contributed by atoms with Crippen LogP contribution >= 0.6 is 11.3 Å². The molecule has 1 aromatic heterocycles. The molecule has 0 spiro atoms. The van der Waals surface area contributed by atoms with E-state index in [-0.39, 0.29) is 18.2 Å². The topological polar surface area (TPSA) is 64.6 Å². The van der Waals surface area contributed by atoms with Crippen molar-refractivity contribution in [3.63, 3.8) is 0 Å². The zero-order valence-corrected chi connectivity index (χ0v) is 11.5. The average Bonchev–Trinajstić information content (AvgIpc) is 3.06. The van der Waals surface area contributed by atoms with Crippen molar-refractivity contribution in [2.24, 2.45) is 0 Å². The molecule has 1 aliphatic heterocycles. The monoisotopic (exact) mass is 297 g/mol. The highest BCUT2D eigenvalue weighted by molar-refractivity contribution is 7.89. The number of ether oxygens (including phenoxy) is 2. The Bertz CT molecular complexity index is 680. The van der Waals surface area contributed by atoms with E-state index in [9.17, 15) is 8.42 Å². The molecule has 100 valence electrons. The number of sulfonamides is 1. The summed E-state index contributed by atoms with van der Waals surface area (Å²) >= 11 is 1.51. The Morgan fingerprint density at radius 1 is 1.21 bits per heavy atom. The van der Waals surface area contributed by atoms with E-state index in [1.807, 2.05) is 17.5 Å². The van der Waals surface area contributed by atoms with Gasteiger partial charge in [0.25, 0.3) is 0 Å². The Balaban J connectivity index is 1.80. The molecule has 0 aliphatic carbocycles. The standard InChI is InChI=1S/C12H11NO4S2/c14-19(15,13-7-9-2-1-5-18-9)10-3-4-11-12(6-10)17-8-16-11/h1-6,13H,7-8H2. The second kappa shape index (κ2) is 4.84. The van der Waals surface area contributed by atoms with Gasteiger partial charge in [0.15, 0.2) is 11.5 Å². The molecule has 0 radical (unpaired) electrons. The SMILES string of the molecule is O=S(=O)(NCc1cccs1)c1ccc2c(c1)OCO2. The van der Waals surface area contributed by atoms with Crippen LogP contribution in [0.3, 0.4) is 0 Å². The zero-order chi connectivity index (χ0) is 13.3. The van der Waals surface area contributed by atoms with Crippen molar-refractivity contribution in [3.05, 3.63) is 40.6 Å². The largest absolute Gasteiger partial charge is 0.454 e. The summed E-state index contributed by atoms with van der Waals surface area (Å²) in [5.41, 5.74) is 0. The van der Waals surface area contributed by atoms with Crippen LogP contribution in [0.1, 0.15) is 4.88 Å². The first-order chi connectivity index (χ1) is 9.15. The lowest BCUT2D eigenvalue weighted by molar-refractivity contribution is 0.174. The zero-order valence-electron chi connectivity index (χ0n) is 9.83. The summed E-state index contributed by atoms with van der Waals surface area (Å²) in [6, 6.07) is 8.34. The molecule has 0 atom stereocenters. The highest BCUT2D eigenvalue weighted by atomic mass is 32.2. The quantitative estimate of drug-likeness (QED) is 0.937. The van der Waals surface area contributed by atoms with Gasteiger partial charge >= 0.3 is 0 Å². The minimum atomic E-state index is -3.54. The lowest BCUT2D eigenvalue weighted by atomic mass is 10.3. The van der Waals surface area contributed by atoms with Gasteiger partial charge in [0.2, 0.25) is 16.8 Å². The van der Waals surface area contributed by atoms with Crippen molar-refractivity contribution in [2.45, 2.75) is 11.4 Å². The van der Waals surface area contributed by atoms with Crippen molar-refractivity contribution >= 4 is 21.4 Å². The Labute approximate surface area is 114 Å². The van der Waals surface area contributed by atoms with E-state index in [0.717, 1.165) is 4.88 Å². The lowest BCUT2D eigenvalue weighted by Crippen LogP contribution is -2.22. The predicted octanol–water partition coefficient (Wildman–Crippen LogP) is 1.96. The first-order valence-corrected chi connectivity index (χ1v) is 7.93. The van der Waals surface area contributed by atoms with Gasteiger partial charge in [-0.1, -0.05) is 6.07 Å². The maximum Gasteiger partial charge on any atom is 0.241 e. The fraction of sp³-hybridized carbons (Fsp3) is 0.167. The van der Waals surface area contributed by atoms with Crippen LogP contribution in [-0.2, 0) is 16.6 Å². The number of hydrogen-bond donors (Lipinski definition) is 1. The van der Waals surface area contributed by atoms with Crippen LogP contribution in [0.2, 0.25) is 0 Å². The third-order valence-corrected chi connectivity index (χ3v) is 4.95. The predicted molar refractivity (Wildman–Crippen MR) is 70.9 cm³/mol. The molecule has 2 heterocycles. The van der Waals surface area contributed by atoms with E-state index in [0.29, 0.717) is 11.5 Å². The van der Waals surface area contributed by atoms with E-state index in [1.165, 1.54) is 23.5 Å². The molecule has 0 fully saturated rings. The number of rotatable bonds is 4. The number of fused-ring (bicyclic) bond motifs is 1.